The molecule has 0 bridgehead atoms. The molecule has 4 aromatic rings. The average molecular weight is 477 g/mol. The Kier molecular flexibility index (Phi) is 8.58. The summed E-state index contributed by atoms with van der Waals surface area (Å²) >= 11 is 0. The molecule has 0 spiro atoms. The van der Waals surface area contributed by atoms with E-state index in [4.69, 9.17) is 4.74 Å². The first-order chi connectivity index (χ1) is 17.6. The van der Waals surface area contributed by atoms with Crippen LogP contribution in [0, 0.1) is 17.7 Å². The van der Waals surface area contributed by atoms with Crippen molar-refractivity contribution in [3.05, 3.63) is 113 Å². The number of hydrogen-bond donors (Lipinski definition) is 0. The lowest BCUT2D eigenvalue weighted by Gasteiger charge is -2.10. The van der Waals surface area contributed by atoms with Gasteiger partial charge in [-0.2, -0.15) is 0 Å². The number of halogens is 1. The molecule has 0 aliphatic rings. The zero-order chi connectivity index (χ0) is 25.3. The van der Waals surface area contributed by atoms with E-state index in [2.05, 4.69) is 80.3 Å². The lowest BCUT2D eigenvalue weighted by Crippen LogP contribution is -1.95. The van der Waals surface area contributed by atoms with Gasteiger partial charge in [-0.3, -0.25) is 0 Å². The quantitative estimate of drug-likeness (QED) is 0.231. The number of benzene rings is 4. The first-order valence-electron chi connectivity index (χ1n) is 12.9. The van der Waals surface area contributed by atoms with E-state index in [0.29, 0.717) is 18.6 Å². The minimum Gasteiger partial charge on any atom is -0.494 e. The molecule has 1 nitrogen and oxygen atoms in total. The zero-order valence-electron chi connectivity index (χ0n) is 21.4. The summed E-state index contributed by atoms with van der Waals surface area (Å²) in [4.78, 5) is 0. The van der Waals surface area contributed by atoms with Gasteiger partial charge in [0.1, 0.15) is 11.6 Å². The Morgan fingerprint density at radius 1 is 0.667 bits per heavy atom. The summed E-state index contributed by atoms with van der Waals surface area (Å²) in [6.45, 7) is 7.00. The van der Waals surface area contributed by atoms with E-state index in [1.165, 1.54) is 11.1 Å². The fourth-order valence-electron chi connectivity index (χ4n) is 4.25. The van der Waals surface area contributed by atoms with E-state index in [1.807, 2.05) is 31.2 Å². The molecule has 0 saturated carbocycles. The molecule has 0 unspecified atom stereocenters. The molecule has 4 aromatic carbocycles. The Labute approximate surface area is 215 Å². The number of aryl methyl sites for hydroxylation is 2. The third-order valence-electron chi connectivity index (χ3n) is 6.26. The largest absolute Gasteiger partial charge is 0.494 e. The highest BCUT2D eigenvalue weighted by atomic mass is 19.1. The van der Waals surface area contributed by atoms with Crippen molar-refractivity contribution in [1.29, 1.82) is 0 Å². The van der Waals surface area contributed by atoms with Crippen LogP contribution in [-0.4, -0.2) is 6.61 Å². The smallest absolute Gasteiger partial charge is 0.139 e. The van der Waals surface area contributed by atoms with Gasteiger partial charge < -0.3 is 4.74 Å². The molecule has 36 heavy (non-hydrogen) atoms. The van der Waals surface area contributed by atoms with Gasteiger partial charge in [0, 0.05) is 5.56 Å². The first-order valence-corrected chi connectivity index (χ1v) is 12.9. The summed E-state index contributed by atoms with van der Waals surface area (Å²) in [6.07, 6.45) is 3.93. The Hall–Kier alpha value is -3.83. The maximum atomic E-state index is 15.2. The average Bonchev–Trinajstić information content (AvgIpc) is 2.92. The Bertz CT molecular complexity index is 1340. The summed E-state index contributed by atoms with van der Waals surface area (Å²) in [5.41, 5.74) is 7.80. The molecule has 4 rings (SSSR count). The van der Waals surface area contributed by atoms with Crippen molar-refractivity contribution in [3.8, 4) is 39.8 Å². The first kappa shape index (κ1) is 25.3. The van der Waals surface area contributed by atoms with Crippen LogP contribution in [0.2, 0.25) is 0 Å². The second-order valence-corrected chi connectivity index (χ2v) is 8.99. The van der Waals surface area contributed by atoms with Crippen molar-refractivity contribution in [3.63, 3.8) is 0 Å². The number of rotatable bonds is 8. The standard InChI is InChI=1S/C34H33FO/c1-4-7-25-8-13-28(14-9-25)29-15-17-30(18-16-29)31-23-27(6-3)33(34(35)24-31)21-12-26-10-19-32(20-11-26)36-22-5-2/h8-11,13-20,23-24H,4-7,22H2,1-3H3. The second kappa shape index (κ2) is 12.2. The van der Waals surface area contributed by atoms with Crippen LogP contribution in [0.3, 0.4) is 0 Å². The Morgan fingerprint density at radius 3 is 1.86 bits per heavy atom. The molecule has 0 radical (unpaired) electrons. The van der Waals surface area contributed by atoms with E-state index in [1.54, 1.807) is 6.07 Å². The molecule has 0 amide bonds. The fraction of sp³-hybridized carbons (Fsp3) is 0.235. The van der Waals surface area contributed by atoms with Gasteiger partial charge in [-0.25, -0.2) is 4.39 Å². The molecule has 0 heterocycles. The van der Waals surface area contributed by atoms with Crippen LogP contribution in [0.5, 0.6) is 5.75 Å². The normalized spacial score (nSPS) is 10.6. The van der Waals surface area contributed by atoms with Gasteiger partial charge in [-0.05, 0) is 89.0 Å². The second-order valence-electron chi connectivity index (χ2n) is 8.99. The van der Waals surface area contributed by atoms with Crippen molar-refractivity contribution >= 4 is 0 Å². The van der Waals surface area contributed by atoms with Crippen LogP contribution in [0.25, 0.3) is 22.3 Å². The van der Waals surface area contributed by atoms with Crippen molar-refractivity contribution in [2.75, 3.05) is 6.61 Å². The summed E-state index contributed by atoms with van der Waals surface area (Å²) in [6, 6.07) is 28.4. The molecule has 0 aliphatic carbocycles. The lowest BCUT2D eigenvalue weighted by atomic mass is 9.95. The molecule has 0 N–H and O–H groups in total. The van der Waals surface area contributed by atoms with Crippen molar-refractivity contribution < 1.29 is 9.13 Å². The number of hydrogen-bond acceptors (Lipinski definition) is 1. The molecule has 182 valence electrons. The van der Waals surface area contributed by atoms with Crippen molar-refractivity contribution in [2.45, 2.75) is 46.5 Å². The lowest BCUT2D eigenvalue weighted by molar-refractivity contribution is 0.317. The molecule has 0 saturated heterocycles. The predicted molar refractivity (Wildman–Crippen MR) is 149 cm³/mol. The molecular weight excluding hydrogens is 443 g/mol. The van der Waals surface area contributed by atoms with Gasteiger partial charge >= 0.3 is 0 Å². The van der Waals surface area contributed by atoms with Crippen LogP contribution in [0.1, 0.15) is 55.9 Å². The molecule has 2 heteroatoms. The monoisotopic (exact) mass is 476 g/mol. The van der Waals surface area contributed by atoms with Crippen molar-refractivity contribution in [2.24, 2.45) is 0 Å². The summed E-state index contributed by atoms with van der Waals surface area (Å²) in [5, 5.41) is 0. The van der Waals surface area contributed by atoms with E-state index in [-0.39, 0.29) is 5.82 Å². The molecule has 0 aliphatic heterocycles. The molecule has 0 fully saturated rings. The van der Waals surface area contributed by atoms with Gasteiger partial charge in [-0.15, -0.1) is 0 Å². The summed E-state index contributed by atoms with van der Waals surface area (Å²) in [7, 11) is 0. The van der Waals surface area contributed by atoms with Crippen LogP contribution in [0.4, 0.5) is 4.39 Å². The van der Waals surface area contributed by atoms with E-state index >= 15 is 4.39 Å². The van der Waals surface area contributed by atoms with Crippen LogP contribution in [0.15, 0.2) is 84.9 Å². The zero-order valence-corrected chi connectivity index (χ0v) is 21.4. The van der Waals surface area contributed by atoms with Crippen LogP contribution >= 0.6 is 0 Å². The molecule has 0 aromatic heterocycles. The Balaban J connectivity index is 1.55. The van der Waals surface area contributed by atoms with E-state index in [0.717, 1.165) is 52.8 Å². The number of ether oxygens (including phenoxy) is 1. The predicted octanol–water partition coefficient (Wildman–Crippen LogP) is 8.86. The molecular formula is C34H33FO. The van der Waals surface area contributed by atoms with Gasteiger partial charge in [0.2, 0.25) is 0 Å². The summed E-state index contributed by atoms with van der Waals surface area (Å²) in [5.74, 6) is 6.72. The van der Waals surface area contributed by atoms with E-state index in [9.17, 15) is 0 Å². The van der Waals surface area contributed by atoms with Gasteiger partial charge in [0.15, 0.2) is 0 Å². The summed E-state index contributed by atoms with van der Waals surface area (Å²) < 4.78 is 20.8. The van der Waals surface area contributed by atoms with Gasteiger partial charge in [-0.1, -0.05) is 87.6 Å². The third kappa shape index (κ3) is 6.23. The highest BCUT2D eigenvalue weighted by Crippen LogP contribution is 2.28. The third-order valence-corrected chi connectivity index (χ3v) is 6.26. The maximum Gasteiger partial charge on any atom is 0.139 e. The Morgan fingerprint density at radius 2 is 1.28 bits per heavy atom. The van der Waals surface area contributed by atoms with E-state index < -0.39 is 0 Å². The SMILES string of the molecule is CCCOc1ccc(C#Cc2c(F)cc(-c3ccc(-c4ccc(CCC)cc4)cc3)cc2CC)cc1. The minimum absolute atomic E-state index is 0.282. The van der Waals surface area contributed by atoms with Gasteiger partial charge in [0.05, 0.1) is 12.2 Å². The van der Waals surface area contributed by atoms with Crippen molar-refractivity contribution in [1.82, 2.24) is 0 Å². The van der Waals surface area contributed by atoms with Gasteiger partial charge in [0.25, 0.3) is 0 Å². The highest BCUT2D eigenvalue weighted by molar-refractivity contribution is 5.72. The fourth-order valence-corrected chi connectivity index (χ4v) is 4.25. The maximum absolute atomic E-state index is 15.2. The topological polar surface area (TPSA) is 9.23 Å². The van der Waals surface area contributed by atoms with Crippen LogP contribution in [-0.2, 0) is 12.8 Å². The van der Waals surface area contributed by atoms with Crippen LogP contribution < -0.4 is 4.74 Å². The molecule has 0 atom stereocenters. The highest BCUT2D eigenvalue weighted by Gasteiger charge is 2.10. The minimum atomic E-state index is -0.282.